The van der Waals surface area contributed by atoms with Crippen LogP contribution in [0.3, 0.4) is 0 Å². The lowest BCUT2D eigenvalue weighted by atomic mass is 10.1. The zero-order chi connectivity index (χ0) is 20.2. The van der Waals surface area contributed by atoms with Gasteiger partial charge in [0.05, 0.1) is 19.8 Å². The van der Waals surface area contributed by atoms with E-state index < -0.39 is 8.80 Å². The largest absolute Gasteiger partial charge is 0.491 e. The first-order valence-corrected chi connectivity index (χ1v) is 11.9. The fourth-order valence-electron chi connectivity index (χ4n) is 4.34. The zero-order valence-electron chi connectivity index (χ0n) is 17.4. The van der Waals surface area contributed by atoms with Gasteiger partial charge in [0.2, 0.25) is 0 Å². The second kappa shape index (κ2) is 8.95. The predicted molar refractivity (Wildman–Crippen MR) is 122 cm³/mol. The van der Waals surface area contributed by atoms with Crippen molar-refractivity contribution in [1.82, 2.24) is 0 Å². The molecule has 1 aliphatic heterocycles. The molecule has 0 amide bonds. The predicted octanol–water partition coefficient (Wildman–Crippen LogP) is 2.57. The smallest absolute Gasteiger partial charge is 0.134 e. The molecule has 0 N–H and O–H groups in total. The lowest BCUT2D eigenvalue weighted by Gasteiger charge is -2.18. The number of benzene rings is 3. The third kappa shape index (κ3) is 4.01. The van der Waals surface area contributed by atoms with Crippen molar-refractivity contribution >= 4 is 24.4 Å². The van der Waals surface area contributed by atoms with E-state index in [-0.39, 0.29) is 0 Å². The first-order chi connectivity index (χ1) is 14.2. The summed E-state index contributed by atoms with van der Waals surface area (Å²) in [7, 11) is 0.227. The van der Waals surface area contributed by atoms with E-state index >= 15 is 0 Å². The normalized spacial score (nSPS) is 12.7. The van der Waals surface area contributed by atoms with E-state index in [4.69, 9.17) is 14.2 Å². The Bertz CT molecular complexity index is 930. The summed E-state index contributed by atoms with van der Waals surface area (Å²) in [5, 5.41) is 4.50. The molecule has 3 aromatic rings. The number of fused-ring (bicyclic) bond motifs is 3. The fraction of sp³-hybridized carbons (Fsp3) is 0.280. The molecule has 150 valence electrons. The molecular formula is C25H28O3Si. The summed E-state index contributed by atoms with van der Waals surface area (Å²) < 4.78 is 16.6. The molecule has 0 saturated carbocycles. The van der Waals surface area contributed by atoms with Crippen molar-refractivity contribution in [2.24, 2.45) is 0 Å². The van der Waals surface area contributed by atoms with Crippen molar-refractivity contribution in [3.05, 3.63) is 71.8 Å². The van der Waals surface area contributed by atoms with Gasteiger partial charge in [-0.2, -0.15) is 0 Å². The molecule has 4 rings (SSSR count). The molecule has 0 aliphatic carbocycles. The van der Waals surface area contributed by atoms with Crippen LogP contribution in [0.5, 0.6) is 5.75 Å². The Labute approximate surface area is 174 Å². The van der Waals surface area contributed by atoms with Crippen molar-refractivity contribution in [1.29, 1.82) is 0 Å². The summed E-state index contributed by atoms with van der Waals surface area (Å²) in [5.41, 5.74) is 5.21. The van der Waals surface area contributed by atoms with E-state index in [1.807, 2.05) is 0 Å². The highest BCUT2D eigenvalue weighted by Gasteiger charge is 2.31. The monoisotopic (exact) mass is 404 g/mol. The van der Waals surface area contributed by atoms with Crippen molar-refractivity contribution < 1.29 is 14.2 Å². The van der Waals surface area contributed by atoms with Gasteiger partial charge in [0.1, 0.15) is 21.2 Å². The molecule has 0 fully saturated rings. The number of hydrogen-bond donors (Lipinski definition) is 0. The molecule has 29 heavy (non-hydrogen) atoms. The summed E-state index contributed by atoms with van der Waals surface area (Å²) in [4.78, 5) is 0. The van der Waals surface area contributed by atoms with Crippen LogP contribution in [0.4, 0.5) is 0 Å². The quantitative estimate of drug-likeness (QED) is 0.334. The van der Waals surface area contributed by atoms with Crippen molar-refractivity contribution in [2.45, 2.75) is 13.8 Å². The molecule has 3 aromatic carbocycles. The lowest BCUT2D eigenvalue weighted by molar-refractivity contribution is 0.0542. The Balaban J connectivity index is 1.59. The Morgan fingerprint density at radius 1 is 0.724 bits per heavy atom. The molecule has 1 heterocycles. The number of ether oxygens (including phenoxy) is 3. The van der Waals surface area contributed by atoms with Gasteiger partial charge in [-0.05, 0) is 46.5 Å². The molecule has 0 radical (unpaired) electrons. The minimum absolute atomic E-state index is 0.553. The van der Waals surface area contributed by atoms with Gasteiger partial charge in [-0.25, -0.2) is 0 Å². The van der Waals surface area contributed by atoms with E-state index in [2.05, 4.69) is 74.5 Å². The van der Waals surface area contributed by atoms with Crippen molar-refractivity contribution in [2.75, 3.05) is 33.5 Å². The third-order valence-corrected chi connectivity index (χ3v) is 8.81. The molecule has 4 heteroatoms. The first kappa shape index (κ1) is 19.9. The summed E-state index contributed by atoms with van der Waals surface area (Å²) in [5.74, 6) is 0.984. The Kier molecular flexibility index (Phi) is 6.14. The first-order valence-electron chi connectivity index (χ1n) is 10.2. The average molecular weight is 405 g/mol. The fourth-order valence-corrected chi connectivity index (χ4v) is 7.96. The van der Waals surface area contributed by atoms with Crippen LogP contribution in [0.2, 0.25) is 0 Å². The number of hydrogen-bond acceptors (Lipinski definition) is 3. The number of rotatable bonds is 8. The van der Waals surface area contributed by atoms with Crippen LogP contribution < -0.4 is 20.3 Å². The number of methoxy groups -OCH3 is 1. The lowest BCUT2D eigenvalue weighted by Crippen LogP contribution is -2.49. The summed E-state index contributed by atoms with van der Waals surface area (Å²) in [6, 6.07) is 22.5. The molecule has 0 atom stereocenters. The Hall–Kier alpha value is -2.40. The highest BCUT2D eigenvalue weighted by atomic mass is 28.3. The highest BCUT2D eigenvalue weighted by molar-refractivity contribution is 6.99. The molecule has 0 spiro atoms. The second-order valence-corrected chi connectivity index (χ2v) is 10.3. The molecule has 1 aliphatic rings. The number of aryl methyl sites for hydroxylation is 2. The average Bonchev–Trinajstić information content (AvgIpc) is 3.06. The van der Waals surface area contributed by atoms with Crippen molar-refractivity contribution in [3.8, 4) is 16.9 Å². The van der Waals surface area contributed by atoms with Gasteiger partial charge in [-0.15, -0.1) is 0 Å². The van der Waals surface area contributed by atoms with E-state index in [0.29, 0.717) is 26.4 Å². The van der Waals surface area contributed by atoms with E-state index in [9.17, 15) is 0 Å². The van der Waals surface area contributed by atoms with Crippen LogP contribution in [0.25, 0.3) is 11.1 Å². The Morgan fingerprint density at radius 3 is 1.86 bits per heavy atom. The zero-order valence-corrected chi connectivity index (χ0v) is 18.6. The van der Waals surface area contributed by atoms with E-state index in [1.165, 1.54) is 37.8 Å². The summed E-state index contributed by atoms with van der Waals surface area (Å²) in [6.45, 7) is 6.64. The highest BCUT2D eigenvalue weighted by Crippen LogP contribution is 2.25. The maximum atomic E-state index is 6.05. The standard InChI is InChI=1S/C25H28O3Si/c1-18-16-20(17-19(2)25(18)28-15-14-27-13-12-26-3)29-23-10-6-4-8-21(23)22-9-5-7-11-24(22)29/h4-11,16-17,29H,12-15H2,1-3H3. The molecule has 0 bridgehead atoms. The molecule has 0 aromatic heterocycles. The van der Waals surface area contributed by atoms with Crippen LogP contribution >= 0.6 is 0 Å². The molecular weight excluding hydrogens is 376 g/mol. The van der Waals surface area contributed by atoms with Crippen LogP contribution in [0.1, 0.15) is 11.1 Å². The van der Waals surface area contributed by atoms with Crippen LogP contribution in [-0.2, 0) is 9.47 Å². The van der Waals surface area contributed by atoms with Crippen molar-refractivity contribution in [3.63, 3.8) is 0 Å². The van der Waals surface area contributed by atoms with Crippen LogP contribution in [0, 0.1) is 13.8 Å². The molecule has 0 saturated heterocycles. The topological polar surface area (TPSA) is 27.7 Å². The minimum Gasteiger partial charge on any atom is -0.491 e. The summed E-state index contributed by atoms with van der Waals surface area (Å²) >= 11 is 0. The van der Waals surface area contributed by atoms with Gasteiger partial charge in [-0.1, -0.05) is 65.9 Å². The van der Waals surface area contributed by atoms with Gasteiger partial charge < -0.3 is 14.2 Å². The van der Waals surface area contributed by atoms with Gasteiger partial charge in [0.25, 0.3) is 0 Å². The van der Waals surface area contributed by atoms with E-state index in [1.54, 1.807) is 7.11 Å². The Morgan fingerprint density at radius 2 is 1.28 bits per heavy atom. The second-order valence-electron chi connectivity index (χ2n) is 7.54. The third-order valence-electron chi connectivity index (χ3n) is 5.56. The maximum Gasteiger partial charge on any atom is 0.134 e. The van der Waals surface area contributed by atoms with Gasteiger partial charge in [-0.3, -0.25) is 0 Å². The van der Waals surface area contributed by atoms with Gasteiger partial charge in [0.15, 0.2) is 0 Å². The van der Waals surface area contributed by atoms with Crippen LogP contribution in [0.15, 0.2) is 60.7 Å². The molecule has 3 nitrogen and oxygen atoms in total. The minimum atomic E-state index is -1.45. The maximum absolute atomic E-state index is 6.05. The molecule has 0 unspecified atom stereocenters. The van der Waals surface area contributed by atoms with Gasteiger partial charge in [0, 0.05) is 7.11 Å². The van der Waals surface area contributed by atoms with Crippen LogP contribution in [-0.4, -0.2) is 42.3 Å². The van der Waals surface area contributed by atoms with E-state index in [0.717, 1.165) is 5.75 Å². The summed E-state index contributed by atoms with van der Waals surface area (Å²) in [6.07, 6.45) is 0. The van der Waals surface area contributed by atoms with Gasteiger partial charge >= 0.3 is 0 Å². The SMILES string of the molecule is COCCOCCOc1c(C)cc([SiH]2c3ccccc3-c3ccccc32)cc1C.